The van der Waals surface area contributed by atoms with Crippen LogP contribution in [0.15, 0.2) is 0 Å². The molecule has 57 valence electrons. The molecule has 1 radical (unpaired) electrons. The first-order chi connectivity index (χ1) is 3.83. The Morgan fingerprint density at radius 1 is 1.40 bits per heavy atom. The zero-order valence-electron chi connectivity index (χ0n) is 6.74. The van der Waals surface area contributed by atoms with E-state index in [1.807, 2.05) is 0 Å². The second-order valence-corrected chi connectivity index (χ2v) is 2.67. The Bertz CT molecular complexity index is 34.5. The summed E-state index contributed by atoms with van der Waals surface area (Å²) in [6.45, 7) is 4.40. The molecule has 0 fully saturated rings. The minimum absolute atomic E-state index is 0. The van der Waals surface area contributed by atoms with Crippen molar-refractivity contribution in [2.45, 2.75) is 13.8 Å². The first-order valence-electron chi connectivity index (χ1n) is 2.54. The van der Waals surface area contributed by atoms with Crippen LogP contribution in [0, 0.1) is 0 Å². The molecule has 0 aliphatic carbocycles. The largest absolute Gasteiger partial charge is 1.00 e. The van der Waals surface area contributed by atoms with Crippen LogP contribution in [0.1, 0.15) is 13.8 Å². The summed E-state index contributed by atoms with van der Waals surface area (Å²) in [7, 11) is -0.250. The van der Waals surface area contributed by atoms with Crippen molar-refractivity contribution in [1.29, 1.82) is 0 Å². The van der Waals surface area contributed by atoms with E-state index >= 15 is 0 Å². The topological polar surface area (TPSA) is 73.3 Å². The van der Waals surface area contributed by atoms with Gasteiger partial charge in [0.2, 0.25) is 0 Å². The fourth-order valence-corrected chi connectivity index (χ4v) is 0.671. The summed E-state index contributed by atoms with van der Waals surface area (Å²) in [6.07, 6.45) is 0. The summed E-state index contributed by atoms with van der Waals surface area (Å²) in [5.74, 6) is 2.63. The van der Waals surface area contributed by atoms with Gasteiger partial charge in [-0.05, 0) is 25.6 Å². The van der Waals surface area contributed by atoms with E-state index in [4.69, 9.17) is 10.0 Å². The number of hydrogen-bond acceptors (Lipinski definition) is 3. The van der Waals surface area contributed by atoms with Gasteiger partial charge >= 0.3 is 51.4 Å². The second-order valence-electron chi connectivity index (χ2n) is 0.961. The monoisotopic (exact) mass is 191 g/mol. The average molecular weight is 191 g/mol. The Kier molecular flexibility index (Phi) is 69.5. The third-order valence-corrected chi connectivity index (χ3v) is 1.34. The Labute approximate surface area is 110 Å². The quantitative estimate of drug-likeness (QED) is 0.272. The number of rotatable bonds is 2. The first-order valence-corrected chi connectivity index (χ1v) is 3.81. The van der Waals surface area contributed by atoms with Crippen molar-refractivity contribution < 1.29 is 66.9 Å². The molecule has 0 amide bonds. The van der Waals surface area contributed by atoms with E-state index in [0.717, 1.165) is 0 Å². The summed E-state index contributed by atoms with van der Waals surface area (Å²) in [5.41, 5.74) is 0. The molecule has 0 atom stereocenters. The predicted octanol–water partition coefficient (Wildman–Crippen LogP) is -4.46. The van der Waals surface area contributed by atoms with Crippen LogP contribution < -0.4 is 56.4 Å². The van der Waals surface area contributed by atoms with Crippen molar-refractivity contribution in [2.75, 3.05) is 11.5 Å². The molecule has 0 unspecified atom stereocenters. The molecule has 3 nitrogen and oxygen atoms in total. The van der Waals surface area contributed by atoms with Gasteiger partial charge < -0.3 is 15.5 Å². The maximum absolute atomic E-state index is 8.36. The Hall–Kier alpha value is 1.93. The van der Waals surface area contributed by atoms with Crippen molar-refractivity contribution in [3.8, 4) is 0 Å². The Morgan fingerprint density at radius 2 is 1.60 bits per heavy atom. The van der Waals surface area contributed by atoms with Crippen molar-refractivity contribution in [3.05, 3.63) is 0 Å². The molecule has 0 aromatic carbocycles. The Balaban J connectivity index is -0.0000000326. The summed E-state index contributed by atoms with van der Waals surface area (Å²) in [6, 6.07) is 0. The van der Waals surface area contributed by atoms with Gasteiger partial charge in [-0.2, -0.15) is 0 Å². The van der Waals surface area contributed by atoms with Crippen LogP contribution >= 0.6 is 0 Å². The molecule has 0 saturated carbocycles. The molecular formula is C4H13BKO3S. The summed E-state index contributed by atoms with van der Waals surface area (Å²) in [4.78, 5) is 0. The van der Waals surface area contributed by atoms with E-state index in [0.29, 0.717) is 0 Å². The van der Waals surface area contributed by atoms with E-state index in [-0.39, 0.29) is 64.5 Å². The summed E-state index contributed by atoms with van der Waals surface area (Å²) < 4.78 is 0. The molecule has 0 aromatic rings. The maximum Gasteiger partial charge on any atom is 1.00 e. The molecular weight excluding hydrogens is 178 g/mol. The molecule has 0 aliphatic heterocycles. The van der Waals surface area contributed by atoms with Crippen molar-refractivity contribution in [2.24, 2.45) is 0 Å². The van der Waals surface area contributed by atoms with Gasteiger partial charge in [0.15, 0.2) is 7.69 Å². The van der Waals surface area contributed by atoms with Crippen LogP contribution in [0.2, 0.25) is 0 Å². The van der Waals surface area contributed by atoms with Crippen molar-refractivity contribution in [3.63, 3.8) is 0 Å². The normalized spacial score (nSPS) is 5.60. The third kappa shape index (κ3) is 51.3. The molecule has 0 rings (SSSR count). The fraction of sp³-hybridized carbons (Fsp3) is 1.00. The molecule has 6 heteroatoms. The zero-order valence-corrected chi connectivity index (χ0v) is 10.8. The van der Waals surface area contributed by atoms with Gasteiger partial charge in [0.25, 0.3) is 0 Å². The Morgan fingerprint density at radius 3 is 1.60 bits per heavy atom. The molecule has 0 saturated heterocycles. The van der Waals surface area contributed by atoms with E-state index in [9.17, 15) is 0 Å². The van der Waals surface area contributed by atoms with Crippen LogP contribution in [-0.2, 0) is 11.8 Å². The minimum Gasteiger partial charge on any atom is -0.870 e. The second kappa shape index (κ2) is 30.6. The van der Waals surface area contributed by atoms with E-state index in [1.54, 1.807) is 11.8 Å². The van der Waals surface area contributed by atoms with Gasteiger partial charge in [0.1, 0.15) is 11.5 Å². The smallest absolute Gasteiger partial charge is 0.870 e. The van der Waals surface area contributed by atoms with E-state index in [1.165, 1.54) is 11.5 Å². The van der Waals surface area contributed by atoms with Crippen LogP contribution in [0.4, 0.5) is 0 Å². The van der Waals surface area contributed by atoms with E-state index < -0.39 is 0 Å². The van der Waals surface area contributed by atoms with Gasteiger partial charge in [-0.15, -0.1) is 0 Å². The third-order valence-electron chi connectivity index (χ3n) is 0.447. The standard InChI is InChI=1S/C4H10S.BHO2.K.H2O/c1-3-5-4-2;2-1-3;;/h3-4H2,1-2H3;2H;;1H2/q;-1;+1;. The molecule has 10 heavy (non-hydrogen) atoms. The predicted molar refractivity (Wildman–Crippen MR) is 39.8 cm³/mol. The molecule has 0 spiro atoms. The number of thiol groups is 1. The van der Waals surface area contributed by atoms with Gasteiger partial charge in [-0.1, -0.05) is 0 Å². The van der Waals surface area contributed by atoms with Gasteiger partial charge in [0, 0.05) is 0 Å². The maximum atomic E-state index is 8.36. The average Bonchev–Trinajstić information content (AvgIpc) is 1.71. The van der Waals surface area contributed by atoms with Crippen LogP contribution in [0.5, 0.6) is 0 Å². The summed E-state index contributed by atoms with van der Waals surface area (Å²) >= 11 is 1.58. The van der Waals surface area contributed by atoms with Crippen LogP contribution in [-0.4, -0.2) is 29.7 Å². The molecule has 0 heterocycles. The van der Waals surface area contributed by atoms with Crippen LogP contribution in [0.25, 0.3) is 0 Å². The summed E-state index contributed by atoms with van der Waals surface area (Å²) in [5, 5.41) is 15.2. The zero-order chi connectivity index (χ0) is 6.83. The SMILES string of the molecule is CC[SH+]CC.[K+].[O-][B]O.[OH-]. The molecule has 0 aliphatic rings. The van der Waals surface area contributed by atoms with Crippen molar-refractivity contribution in [1.82, 2.24) is 0 Å². The van der Waals surface area contributed by atoms with Gasteiger partial charge in [-0.25, -0.2) is 0 Å². The molecule has 0 bridgehead atoms. The minimum atomic E-state index is -0.250. The molecule has 2 N–H and O–H groups in total. The fourth-order valence-electron chi connectivity index (χ4n) is 0.224. The molecule has 0 aromatic heterocycles. The van der Waals surface area contributed by atoms with Gasteiger partial charge in [0.05, 0.1) is 0 Å². The number of hydrogen-bond donors (Lipinski definition) is 1. The van der Waals surface area contributed by atoms with Crippen LogP contribution in [0.3, 0.4) is 0 Å². The van der Waals surface area contributed by atoms with E-state index in [2.05, 4.69) is 13.8 Å². The van der Waals surface area contributed by atoms with Crippen molar-refractivity contribution >= 4 is 19.4 Å². The first kappa shape index (κ1) is 22.7. The van der Waals surface area contributed by atoms with Gasteiger partial charge in [-0.3, -0.25) is 0 Å².